The Kier molecular flexibility index (Phi) is 3.84. The maximum atomic E-state index is 6.34. The summed E-state index contributed by atoms with van der Waals surface area (Å²) >= 11 is 0. The first-order valence-electron chi connectivity index (χ1n) is 7.12. The Morgan fingerprint density at radius 3 is 2.29 bits per heavy atom. The van der Waals surface area contributed by atoms with Gasteiger partial charge in [0.05, 0.1) is 17.9 Å². The van der Waals surface area contributed by atoms with E-state index in [4.69, 9.17) is 5.73 Å². The quantitative estimate of drug-likeness (QED) is 0.795. The predicted molar refractivity (Wildman–Crippen MR) is 85.7 cm³/mol. The second-order valence-electron chi connectivity index (χ2n) is 5.22. The van der Waals surface area contributed by atoms with Crippen molar-refractivity contribution in [3.8, 4) is 11.3 Å². The topological polar surface area (TPSA) is 43.8 Å². The van der Waals surface area contributed by atoms with Crippen LogP contribution < -0.4 is 5.73 Å². The minimum atomic E-state index is -0.102. The van der Waals surface area contributed by atoms with E-state index in [9.17, 15) is 0 Å². The van der Waals surface area contributed by atoms with Gasteiger partial charge in [0, 0.05) is 7.05 Å². The zero-order valence-corrected chi connectivity index (χ0v) is 12.1. The molecule has 3 aromatic rings. The van der Waals surface area contributed by atoms with Gasteiger partial charge in [0.1, 0.15) is 5.82 Å². The van der Waals surface area contributed by atoms with Crippen LogP contribution in [0.5, 0.6) is 0 Å². The normalized spacial score (nSPS) is 12.3. The lowest BCUT2D eigenvalue weighted by Crippen LogP contribution is -2.18. The minimum absolute atomic E-state index is 0.102. The molecule has 2 N–H and O–H groups in total. The van der Waals surface area contributed by atoms with Crippen molar-refractivity contribution < 1.29 is 0 Å². The van der Waals surface area contributed by atoms with E-state index in [2.05, 4.69) is 33.8 Å². The molecular formula is C18H19N3. The second kappa shape index (κ2) is 5.94. The van der Waals surface area contributed by atoms with E-state index in [1.807, 2.05) is 49.6 Å². The monoisotopic (exact) mass is 277 g/mol. The van der Waals surface area contributed by atoms with Gasteiger partial charge in [-0.3, -0.25) is 0 Å². The zero-order chi connectivity index (χ0) is 14.7. The lowest BCUT2D eigenvalue weighted by Gasteiger charge is -2.13. The molecule has 0 unspecified atom stereocenters. The van der Waals surface area contributed by atoms with E-state index in [1.165, 1.54) is 5.56 Å². The fourth-order valence-electron chi connectivity index (χ4n) is 2.60. The van der Waals surface area contributed by atoms with Crippen molar-refractivity contribution in [1.82, 2.24) is 9.55 Å². The Morgan fingerprint density at radius 2 is 1.62 bits per heavy atom. The van der Waals surface area contributed by atoms with Gasteiger partial charge < -0.3 is 10.3 Å². The first-order chi connectivity index (χ1) is 10.3. The summed E-state index contributed by atoms with van der Waals surface area (Å²) < 4.78 is 2.09. The molecule has 21 heavy (non-hydrogen) atoms. The molecule has 1 atom stereocenters. The van der Waals surface area contributed by atoms with Crippen LogP contribution in [-0.4, -0.2) is 9.55 Å². The molecule has 0 spiro atoms. The molecule has 3 nitrogen and oxygen atoms in total. The number of hydrogen-bond donors (Lipinski definition) is 1. The zero-order valence-electron chi connectivity index (χ0n) is 12.1. The number of aromatic nitrogens is 2. The van der Waals surface area contributed by atoms with Crippen LogP contribution in [0.1, 0.15) is 17.4 Å². The lowest BCUT2D eigenvalue weighted by molar-refractivity contribution is 0.634. The van der Waals surface area contributed by atoms with Gasteiger partial charge in [0.15, 0.2) is 0 Å². The largest absolute Gasteiger partial charge is 0.330 e. The van der Waals surface area contributed by atoms with Gasteiger partial charge >= 0.3 is 0 Å². The first-order valence-corrected chi connectivity index (χ1v) is 7.12. The molecule has 3 rings (SSSR count). The Bertz CT molecular complexity index is 702. The highest BCUT2D eigenvalue weighted by Gasteiger charge is 2.15. The van der Waals surface area contributed by atoms with E-state index >= 15 is 0 Å². The molecule has 0 aliphatic rings. The molecule has 0 radical (unpaired) electrons. The summed E-state index contributed by atoms with van der Waals surface area (Å²) in [6, 6.07) is 20.4. The van der Waals surface area contributed by atoms with Crippen molar-refractivity contribution in [2.24, 2.45) is 12.8 Å². The van der Waals surface area contributed by atoms with Crippen molar-refractivity contribution in [1.29, 1.82) is 0 Å². The summed E-state index contributed by atoms with van der Waals surface area (Å²) in [5.41, 5.74) is 9.82. The molecule has 0 bridgehead atoms. The number of nitrogens with two attached hydrogens (primary N) is 1. The minimum Gasteiger partial charge on any atom is -0.330 e. The van der Waals surface area contributed by atoms with E-state index in [-0.39, 0.29) is 6.04 Å². The van der Waals surface area contributed by atoms with Gasteiger partial charge in [0.2, 0.25) is 0 Å². The Labute approximate surface area is 125 Å². The van der Waals surface area contributed by atoms with Crippen molar-refractivity contribution in [2.75, 3.05) is 0 Å². The van der Waals surface area contributed by atoms with Crippen LogP contribution in [0.25, 0.3) is 11.3 Å². The standard InChI is InChI=1S/C18H19N3/c1-21-17(15-10-6-3-7-11-15)13-20-18(21)16(19)12-14-8-4-2-5-9-14/h2-11,13,16H,12,19H2,1H3/t16-/m0/s1. The fraction of sp³-hybridized carbons (Fsp3) is 0.167. The number of rotatable bonds is 4. The van der Waals surface area contributed by atoms with Crippen LogP contribution in [0.15, 0.2) is 66.9 Å². The van der Waals surface area contributed by atoms with Crippen LogP contribution in [-0.2, 0) is 13.5 Å². The highest BCUT2D eigenvalue weighted by molar-refractivity contribution is 5.59. The summed E-state index contributed by atoms with van der Waals surface area (Å²) in [4.78, 5) is 4.53. The van der Waals surface area contributed by atoms with Crippen molar-refractivity contribution in [3.63, 3.8) is 0 Å². The maximum absolute atomic E-state index is 6.34. The van der Waals surface area contributed by atoms with Gasteiger partial charge in [-0.2, -0.15) is 0 Å². The highest BCUT2D eigenvalue weighted by Crippen LogP contribution is 2.23. The molecule has 0 amide bonds. The Hall–Kier alpha value is -2.39. The van der Waals surface area contributed by atoms with Gasteiger partial charge in [-0.15, -0.1) is 0 Å². The fourth-order valence-corrected chi connectivity index (χ4v) is 2.60. The van der Waals surface area contributed by atoms with Crippen molar-refractivity contribution in [2.45, 2.75) is 12.5 Å². The average molecular weight is 277 g/mol. The van der Waals surface area contributed by atoms with E-state index < -0.39 is 0 Å². The van der Waals surface area contributed by atoms with Crippen LogP contribution >= 0.6 is 0 Å². The number of hydrogen-bond acceptors (Lipinski definition) is 2. The summed E-state index contributed by atoms with van der Waals surface area (Å²) in [7, 11) is 2.02. The van der Waals surface area contributed by atoms with E-state index in [1.54, 1.807) is 0 Å². The molecule has 0 fully saturated rings. The first kappa shape index (κ1) is 13.6. The maximum Gasteiger partial charge on any atom is 0.126 e. The summed E-state index contributed by atoms with van der Waals surface area (Å²) in [5.74, 6) is 0.915. The lowest BCUT2D eigenvalue weighted by atomic mass is 10.1. The SMILES string of the molecule is Cn1c(-c2ccccc2)cnc1[C@@H](N)Cc1ccccc1. The predicted octanol–water partition coefficient (Wildman–Crippen LogP) is 3.33. The third-order valence-corrected chi connectivity index (χ3v) is 3.72. The van der Waals surface area contributed by atoms with Crippen LogP contribution in [0.4, 0.5) is 0 Å². The van der Waals surface area contributed by atoms with Gasteiger partial charge in [0.25, 0.3) is 0 Å². The van der Waals surface area contributed by atoms with Gasteiger partial charge in [-0.05, 0) is 17.5 Å². The molecule has 1 heterocycles. The molecule has 0 saturated heterocycles. The van der Waals surface area contributed by atoms with Crippen molar-refractivity contribution >= 4 is 0 Å². The highest BCUT2D eigenvalue weighted by atomic mass is 15.1. The molecule has 1 aromatic heterocycles. The molecule has 2 aromatic carbocycles. The molecule has 0 aliphatic carbocycles. The Balaban J connectivity index is 1.85. The van der Waals surface area contributed by atoms with Crippen LogP contribution in [0.2, 0.25) is 0 Å². The number of benzene rings is 2. The van der Waals surface area contributed by atoms with Crippen molar-refractivity contribution in [3.05, 3.63) is 78.2 Å². The van der Waals surface area contributed by atoms with Crippen LogP contribution in [0.3, 0.4) is 0 Å². The molecule has 3 heteroatoms. The molecule has 0 aliphatic heterocycles. The van der Waals surface area contributed by atoms with Gasteiger partial charge in [-0.1, -0.05) is 60.7 Å². The Morgan fingerprint density at radius 1 is 1.00 bits per heavy atom. The third kappa shape index (κ3) is 2.88. The number of imidazole rings is 1. The average Bonchev–Trinajstić information content (AvgIpc) is 2.91. The van der Waals surface area contributed by atoms with E-state index in [0.29, 0.717) is 0 Å². The van der Waals surface area contributed by atoms with Crippen LogP contribution in [0, 0.1) is 0 Å². The second-order valence-corrected chi connectivity index (χ2v) is 5.22. The van der Waals surface area contributed by atoms with E-state index in [0.717, 1.165) is 23.5 Å². The summed E-state index contributed by atoms with van der Waals surface area (Å²) in [5, 5.41) is 0. The number of nitrogens with zero attached hydrogens (tertiary/aromatic N) is 2. The summed E-state index contributed by atoms with van der Waals surface area (Å²) in [6.45, 7) is 0. The summed E-state index contributed by atoms with van der Waals surface area (Å²) in [6.07, 6.45) is 2.69. The smallest absolute Gasteiger partial charge is 0.126 e. The third-order valence-electron chi connectivity index (χ3n) is 3.72. The molecular weight excluding hydrogens is 258 g/mol. The molecule has 0 saturated carbocycles. The molecule has 106 valence electrons. The van der Waals surface area contributed by atoms with Gasteiger partial charge in [-0.25, -0.2) is 4.98 Å².